The van der Waals surface area contributed by atoms with Crippen molar-refractivity contribution in [3.05, 3.63) is 81.8 Å². The van der Waals surface area contributed by atoms with Crippen molar-refractivity contribution in [2.24, 2.45) is 0 Å². The van der Waals surface area contributed by atoms with Gasteiger partial charge in [0, 0.05) is 11.4 Å². The lowest BCUT2D eigenvalue weighted by Gasteiger charge is -2.25. The minimum atomic E-state index is -0.335. The van der Waals surface area contributed by atoms with E-state index >= 15 is 0 Å². The number of hydrogen-bond donors (Lipinski definition) is 1. The van der Waals surface area contributed by atoms with E-state index in [9.17, 15) is 14.0 Å². The predicted octanol–water partition coefficient (Wildman–Crippen LogP) is 5.23. The summed E-state index contributed by atoms with van der Waals surface area (Å²) in [5, 5.41) is 4.47. The van der Waals surface area contributed by atoms with Gasteiger partial charge in [-0.25, -0.2) is 4.39 Å². The summed E-state index contributed by atoms with van der Waals surface area (Å²) in [6.45, 7) is 1.69. The normalized spacial score (nSPS) is 16.4. The Morgan fingerprint density at radius 3 is 2.79 bits per heavy atom. The first-order valence-electron chi connectivity index (χ1n) is 8.67. The van der Waals surface area contributed by atoms with Gasteiger partial charge < -0.3 is 5.32 Å². The van der Waals surface area contributed by atoms with Crippen LogP contribution in [0.1, 0.15) is 26.2 Å². The summed E-state index contributed by atoms with van der Waals surface area (Å²) in [5.41, 5.74) is 2.61. The van der Waals surface area contributed by atoms with Crippen molar-refractivity contribution >= 4 is 46.3 Å². The molecule has 4 nitrogen and oxygen atoms in total. The first-order valence-corrected chi connectivity index (χ1v) is 10.6. The van der Waals surface area contributed by atoms with Crippen LogP contribution in [0, 0.1) is 12.7 Å². The molecule has 1 atom stereocenters. The second-order valence-electron chi connectivity index (χ2n) is 6.42. The van der Waals surface area contributed by atoms with Crippen LogP contribution >= 0.6 is 23.1 Å². The van der Waals surface area contributed by atoms with Gasteiger partial charge in [-0.3, -0.25) is 14.5 Å². The van der Waals surface area contributed by atoms with Crippen molar-refractivity contribution in [1.29, 1.82) is 0 Å². The van der Waals surface area contributed by atoms with Crippen molar-refractivity contribution in [2.75, 3.05) is 16.0 Å². The molecule has 0 aliphatic carbocycles. The molecule has 4 rings (SSSR count). The number of aryl methyl sites for hydroxylation is 1. The molecule has 0 spiro atoms. The first-order chi connectivity index (χ1) is 13.5. The Labute approximate surface area is 170 Å². The molecular formula is C21H17FN2O2S2. The SMILES string of the molecule is Cc1ccc(N2C(=O)CS[C@H]2c2cccc(NC(=O)c3cccs3)c2)cc1F. The Morgan fingerprint density at radius 1 is 1.18 bits per heavy atom. The van der Waals surface area contributed by atoms with Crippen LogP contribution in [0.15, 0.2) is 60.0 Å². The van der Waals surface area contributed by atoms with E-state index in [4.69, 9.17) is 0 Å². The highest BCUT2D eigenvalue weighted by Crippen LogP contribution is 2.42. The van der Waals surface area contributed by atoms with Crippen LogP contribution < -0.4 is 10.2 Å². The molecular weight excluding hydrogens is 395 g/mol. The Kier molecular flexibility index (Phi) is 5.19. The number of rotatable bonds is 4. The molecule has 0 radical (unpaired) electrons. The zero-order valence-electron chi connectivity index (χ0n) is 15.0. The van der Waals surface area contributed by atoms with Gasteiger partial charge in [0.2, 0.25) is 5.91 Å². The highest BCUT2D eigenvalue weighted by molar-refractivity contribution is 8.00. The van der Waals surface area contributed by atoms with Gasteiger partial charge in [-0.2, -0.15) is 0 Å². The second kappa shape index (κ2) is 7.77. The lowest BCUT2D eigenvalue weighted by Crippen LogP contribution is -2.28. The first kappa shape index (κ1) is 18.7. The highest BCUT2D eigenvalue weighted by atomic mass is 32.2. The lowest BCUT2D eigenvalue weighted by molar-refractivity contribution is -0.115. The predicted molar refractivity (Wildman–Crippen MR) is 113 cm³/mol. The van der Waals surface area contributed by atoms with E-state index < -0.39 is 0 Å². The molecule has 28 heavy (non-hydrogen) atoms. The van der Waals surface area contributed by atoms with Crippen LogP contribution in [0.4, 0.5) is 15.8 Å². The molecule has 142 valence electrons. The molecule has 1 saturated heterocycles. The Morgan fingerprint density at radius 2 is 2.04 bits per heavy atom. The van der Waals surface area contributed by atoms with E-state index in [1.54, 1.807) is 30.0 Å². The molecule has 0 unspecified atom stereocenters. The molecule has 3 aromatic rings. The van der Waals surface area contributed by atoms with E-state index in [0.29, 0.717) is 27.6 Å². The third-order valence-corrected chi connectivity index (χ3v) is 6.56. The Balaban J connectivity index is 1.61. The van der Waals surface area contributed by atoms with E-state index in [0.717, 1.165) is 5.56 Å². The summed E-state index contributed by atoms with van der Waals surface area (Å²) in [6.07, 6.45) is 0. The van der Waals surface area contributed by atoms with Crippen molar-refractivity contribution in [3.8, 4) is 0 Å². The maximum Gasteiger partial charge on any atom is 0.265 e. The maximum absolute atomic E-state index is 14.0. The number of nitrogens with zero attached hydrogens (tertiary/aromatic N) is 1. The summed E-state index contributed by atoms with van der Waals surface area (Å²) in [7, 11) is 0. The summed E-state index contributed by atoms with van der Waals surface area (Å²) in [4.78, 5) is 27.0. The minimum Gasteiger partial charge on any atom is -0.321 e. The number of thioether (sulfide) groups is 1. The average Bonchev–Trinajstić information content (AvgIpc) is 3.34. The number of carbonyl (C=O) groups excluding carboxylic acids is 2. The van der Waals surface area contributed by atoms with E-state index in [2.05, 4.69) is 5.32 Å². The third kappa shape index (κ3) is 3.68. The van der Waals surface area contributed by atoms with Gasteiger partial charge in [-0.05, 0) is 53.8 Å². The molecule has 1 aliphatic rings. The molecule has 0 saturated carbocycles. The summed E-state index contributed by atoms with van der Waals surface area (Å²) >= 11 is 2.86. The van der Waals surface area contributed by atoms with Gasteiger partial charge in [0.1, 0.15) is 11.2 Å². The van der Waals surface area contributed by atoms with Gasteiger partial charge in [-0.1, -0.05) is 24.3 Å². The van der Waals surface area contributed by atoms with Crippen LogP contribution in [0.5, 0.6) is 0 Å². The van der Waals surface area contributed by atoms with Gasteiger partial charge in [0.05, 0.1) is 10.6 Å². The smallest absolute Gasteiger partial charge is 0.265 e. The van der Waals surface area contributed by atoms with Crippen molar-refractivity contribution < 1.29 is 14.0 Å². The fraction of sp³-hybridized carbons (Fsp3) is 0.143. The van der Waals surface area contributed by atoms with Gasteiger partial charge in [0.25, 0.3) is 5.91 Å². The molecule has 2 amide bonds. The molecule has 7 heteroatoms. The number of anilines is 2. The number of amides is 2. The largest absolute Gasteiger partial charge is 0.321 e. The van der Waals surface area contributed by atoms with Gasteiger partial charge in [0.15, 0.2) is 0 Å². The summed E-state index contributed by atoms with van der Waals surface area (Å²) < 4.78 is 14.0. The van der Waals surface area contributed by atoms with Crippen LogP contribution in [0.3, 0.4) is 0 Å². The monoisotopic (exact) mass is 412 g/mol. The number of benzene rings is 2. The van der Waals surface area contributed by atoms with E-state index in [1.165, 1.54) is 29.2 Å². The molecule has 1 aromatic heterocycles. The topological polar surface area (TPSA) is 49.4 Å². The van der Waals surface area contributed by atoms with Crippen LogP contribution in [-0.2, 0) is 4.79 Å². The minimum absolute atomic E-state index is 0.0636. The molecule has 2 heterocycles. The zero-order valence-corrected chi connectivity index (χ0v) is 16.6. The number of halogens is 1. The average molecular weight is 413 g/mol. The number of carbonyl (C=O) groups is 2. The third-order valence-electron chi connectivity index (χ3n) is 4.48. The second-order valence-corrected chi connectivity index (χ2v) is 8.43. The van der Waals surface area contributed by atoms with Crippen molar-refractivity contribution in [1.82, 2.24) is 0 Å². The van der Waals surface area contributed by atoms with Crippen molar-refractivity contribution in [2.45, 2.75) is 12.3 Å². The molecule has 0 bridgehead atoms. The standard InChI is InChI=1S/C21H17FN2O2S2/c1-13-7-8-16(11-17(13)22)24-19(25)12-28-21(24)14-4-2-5-15(10-14)23-20(26)18-6-3-9-27-18/h2-11,21H,12H2,1H3,(H,23,26)/t21-/m0/s1. The maximum atomic E-state index is 14.0. The number of thiophene rings is 1. The van der Waals surface area contributed by atoms with Gasteiger partial charge >= 0.3 is 0 Å². The van der Waals surface area contributed by atoms with E-state index in [1.807, 2.05) is 35.7 Å². The zero-order chi connectivity index (χ0) is 19.7. The number of nitrogens with one attached hydrogen (secondary N) is 1. The fourth-order valence-corrected chi connectivity index (χ4v) is 4.84. The Bertz CT molecular complexity index is 1040. The van der Waals surface area contributed by atoms with E-state index in [-0.39, 0.29) is 23.0 Å². The quantitative estimate of drug-likeness (QED) is 0.639. The van der Waals surface area contributed by atoms with Crippen molar-refractivity contribution in [3.63, 3.8) is 0 Å². The number of hydrogen-bond acceptors (Lipinski definition) is 4. The molecule has 1 N–H and O–H groups in total. The summed E-state index contributed by atoms with van der Waals surface area (Å²) in [6, 6.07) is 15.9. The lowest BCUT2D eigenvalue weighted by atomic mass is 10.1. The van der Waals surface area contributed by atoms with Gasteiger partial charge in [-0.15, -0.1) is 23.1 Å². The van der Waals surface area contributed by atoms with Crippen LogP contribution in [0.25, 0.3) is 0 Å². The summed E-state index contributed by atoms with van der Waals surface area (Å²) in [5.74, 6) is -0.240. The highest BCUT2D eigenvalue weighted by Gasteiger charge is 2.34. The molecule has 2 aromatic carbocycles. The molecule has 1 fully saturated rings. The van der Waals surface area contributed by atoms with Crippen LogP contribution in [0.2, 0.25) is 0 Å². The van der Waals surface area contributed by atoms with Crippen LogP contribution in [-0.4, -0.2) is 17.6 Å². The fourth-order valence-electron chi connectivity index (χ4n) is 3.05. The molecule has 1 aliphatic heterocycles. The Hall–Kier alpha value is -2.64.